The van der Waals surface area contributed by atoms with Crippen molar-refractivity contribution >= 4 is 17.5 Å². The van der Waals surface area contributed by atoms with Crippen LogP contribution in [-0.2, 0) is 4.74 Å². The van der Waals surface area contributed by atoms with Gasteiger partial charge in [0.15, 0.2) is 0 Å². The molecule has 1 unspecified atom stereocenters. The number of rotatable bonds is 5. The fourth-order valence-corrected chi connectivity index (χ4v) is 3.23. The highest BCUT2D eigenvalue weighted by molar-refractivity contribution is 5.64. The van der Waals surface area contributed by atoms with E-state index in [2.05, 4.69) is 53.5 Å². The maximum absolute atomic E-state index is 5.65. The van der Waals surface area contributed by atoms with Crippen molar-refractivity contribution in [2.75, 3.05) is 23.8 Å². The SMILES string of the molecule is Cc1cc(C)c(Nc2nc(C)cc(NCC3CCCO3)n2)c(C)c1. The summed E-state index contributed by atoms with van der Waals surface area (Å²) in [4.78, 5) is 9.13. The van der Waals surface area contributed by atoms with Gasteiger partial charge in [0.1, 0.15) is 5.82 Å². The van der Waals surface area contributed by atoms with Crippen molar-refractivity contribution in [3.63, 3.8) is 0 Å². The molecule has 3 rings (SSSR count). The molecule has 0 radical (unpaired) electrons. The normalized spacial score (nSPS) is 17.1. The van der Waals surface area contributed by atoms with Crippen LogP contribution in [0.4, 0.5) is 17.5 Å². The zero-order valence-corrected chi connectivity index (χ0v) is 14.9. The van der Waals surface area contributed by atoms with Crippen molar-refractivity contribution < 1.29 is 4.74 Å². The molecule has 2 N–H and O–H groups in total. The molecule has 1 aromatic heterocycles. The van der Waals surface area contributed by atoms with Gasteiger partial charge >= 0.3 is 0 Å². The molecule has 1 aliphatic rings. The molecule has 1 aromatic carbocycles. The average Bonchev–Trinajstić information content (AvgIpc) is 3.02. The van der Waals surface area contributed by atoms with Crippen molar-refractivity contribution in [1.82, 2.24) is 9.97 Å². The first kappa shape index (κ1) is 16.7. The highest BCUT2D eigenvalue weighted by Crippen LogP contribution is 2.25. The zero-order chi connectivity index (χ0) is 17.1. The molecule has 0 amide bonds. The Kier molecular flexibility index (Phi) is 5.00. The van der Waals surface area contributed by atoms with Gasteiger partial charge in [0.05, 0.1) is 6.10 Å². The number of nitrogens with zero attached hydrogens (tertiary/aromatic N) is 2. The molecular weight excluding hydrogens is 300 g/mol. The Bertz CT molecular complexity index is 700. The van der Waals surface area contributed by atoms with Gasteiger partial charge in [0, 0.05) is 30.6 Å². The van der Waals surface area contributed by atoms with Gasteiger partial charge in [-0.25, -0.2) is 4.98 Å². The van der Waals surface area contributed by atoms with Gasteiger partial charge in [-0.15, -0.1) is 0 Å². The van der Waals surface area contributed by atoms with Gasteiger partial charge in [-0.1, -0.05) is 17.7 Å². The molecule has 0 spiro atoms. The van der Waals surface area contributed by atoms with Gasteiger partial charge in [-0.3, -0.25) is 0 Å². The van der Waals surface area contributed by atoms with Crippen molar-refractivity contribution in [2.24, 2.45) is 0 Å². The van der Waals surface area contributed by atoms with Crippen LogP contribution in [0.5, 0.6) is 0 Å². The van der Waals surface area contributed by atoms with Crippen LogP contribution in [0.15, 0.2) is 18.2 Å². The third kappa shape index (κ3) is 4.03. The number of benzene rings is 1. The van der Waals surface area contributed by atoms with Gasteiger partial charge in [-0.05, 0) is 51.7 Å². The molecule has 5 nitrogen and oxygen atoms in total. The molecular formula is C19H26N4O. The highest BCUT2D eigenvalue weighted by atomic mass is 16.5. The predicted octanol–water partition coefficient (Wildman–Crippen LogP) is 4.04. The minimum atomic E-state index is 0.290. The summed E-state index contributed by atoms with van der Waals surface area (Å²) in [5.74, 6) is 1.46. The Balaban J connectivity index is 1.76. The Labute approximate surface area is 143 Å². The summed E-state index contributed by atoms with van der Waals surface area (Å²) in [6.07, 6.45) is 2.55. The van der Waals surface area contributed by atoms with Crippen LogP contribution in [-0.4, -0.2) is 29.2 Å². The van der Waals surface area contributed by atoms with Crippen LogP contribution in [0.25, 0.3) is 0 Å². The quantitative estimate of drug-likeness (QED) is 0.868. The average molecular weight is 326 g/mol. The first-order chi connectivity index (χ1) is 11.5. The van der Waals surface area contributed by atoms with Crippen molar-refractivity contribution in [3.05, 3.63) is 40.6 Å². The molecule has 5 heteroatoms. The first-order valence-electron chi connectivity index (χ1n) is 8.57. The van der Waals surface area contributed by atoms with E-state index < -0.39 is 0 Å². The van der Waals surface area contributed by atoms with E-state index in [0.29, 0.717) is 12.1 Å². The van der Waals surface area contributed by atoms with Gasteiger partial charge in [0.25, 0.3) is 0 Å². The summed E-state index contributed by atoms with van der Waals surface area (Å²) in [7, 11) is 0. The van der Waals surface area contributed by atoms with E-state index in [-0.39, 0.29) is 0 Å². The summed E-state index contributed by atoms with van der Waals surface area (Å²) in [6, 6.07) is 6.30. The van der Waals surface area contributed by atoms with Crippen LogP contribution in [0.3, 0.4) is 0 Å². The van der Waals surface area contributed by atoms with E-state index in [9.17, 15) is 0 Å². The lowest BCUT2D eigenvalue weighted by Gasteiger charge is -2.15. The van der Waals surface area contributed by atoms with Crippen molar-refractivity contribution in [2.45, 2.75) is 46.6 Å². The molecule has 0 saturated carbocycles. The number of nitrogens with one attached hydrogen (secondary N) is 2. The second-order valence-corrected chi connectivity index (χ2v) is 6.63. The Morgan fingerprint density at radius 1 is 1.08 bits per heavy atom. The third-order valence-electron chi connectivity index (χ3n) is 4.30. The van der Waals surface area contributed by atoms with E-state index in [1.165, 1.54) is 16.7 Å². The summed E-state index contributed by atoms with van der Waals surface area (Å²) < 4.78 is 5.65. The van der Waals surface area contributed by atoms with Gasteiger partial charge < -0.3 is 15.4 Å². The lowest BCUT2D eigenvalue weighted by Crippen LogP contribution is -2.19. The molecule has 2 aromatic rings. The lowest BCUT2D eigenvalue weighted by atomic mass is 10.1. The molecule has 128 valence electrons. The molecule has 1 fully saturated rings. The second kappa shape index (κ2) is 7.18. The number of aryl methyl sites for hydroxylation is 4. The van der Waals surface area contributed by atoms with E-state index in [4.69, 9.17) is 4.74 Å². The largest absolute Gasteiger partial charge is 0.376 e. The van der Waals surface area contributed by atoms with Crippen LogP contribution in [0, 0.1) is 27.7 Å². The molecule has 1 aliphatic heterocycles. The maximum atomic E-state index is 5.65. The lowest BCUT2D eigenvalue weighted by molar-refractivity contribution is 0.120. The Hall–Kier alpha value is -2.14. The molecule has 0 aliphatic carbocycles. The monoisotopic (exact) mass is 326 g/mol. The van der Waals surface area contributed by atoms with Crippen LogP contribution in [0.2, 0.25) is 0 Å². The number of hydrogen-bond acceptors (Lipinski definition) is 5. The zero-order valence-electron chi connectivity index (χ0n) is 14.9. The topological polar surface area (TPSA) is 59.1 Å². The van der Waals surface area contributed by atoms with Crippen molar-refractivity contribution in [1.29, 1.82) is 0 Å². The maximum Gasteiger partial charge on any atom is 0.229 e. The molecule has 1 saturated heterocycles. The highest BCUT2D eigenvalue weighted by Gasteiger charge is 2.15. The first-order valence-corrected chi connectivity index (χ1v) is 8.57. The van der Waals surface area contributed by atoms with Crippen LogP contribution < -0.4 is 10.6 Å². The van der Waals surface area contributed by atoms with Crippen LogP contribution >= 0.6 is 0 Å². The van der Waals surface area contributed by atoms with Gasteiger partial charge in [-0.2, -0.15) is 4.98 Å². The smallest absolute Gasteiger partial charge is 0.229 e. The molecule has 2 heterocycles. The van der Waals surface area contributed by atoms with Crippen LogP contribution in [0.1, 0.15) is 35.2 Å². The number of anilines is 3. The fraction of sp³-hybridized carbons (Fsp3) is 0.474. The Morgan fingerprint density at radius 2 is 1.83 bits per heavy atom. The number of hydrogen-bond donors (Lipinski definition) is 2. The van der Waals surface area contributed by atoms with E-state index in [0.717, 1.165) is 43.2 Å². The molecule has 0 bridgehead atoms. The minimum Gasteiger partial charge on any atom is -0.376 e. The van der Waals surface area contributed by atoms with E-state index in [1.807, 2.05) is 13.0 Å². The Morgan fingerprint density at radius 3 is 2.50 bits per heavy atom. The third-order valence-corrected chi connectivity index (χ3v) is 4.30. The minimum absolute atomic E-state index is 0.290. The van der Waals surface area contributed by atoms with E-state index >= 15 is 0 Å². The molecule has 1 atom stereocenters. The molecule has 24 heavy (non-hydrogen) atoms. The standard InChI is InChI=1S/C19H26N4O/c1-12-8-13(2)18(14(3)9-12)23-19-21-15(4)10-17(22-19)20-11-16-6-5-7-24-16/h8-10,16H,5-7,11H2,1-4H3,(H2,20,21,22,23). The number of ether oxygens (including phenoxy) is 1. The number of aromatic nitrogens is 2. The predicted molar refractivity (Wildman–Crippen MR) is 98.2 cm³/mol. The van der Waals surface area contributed by atoms with E-state index in [1.54, 1.807) is 0 Å². The summed E-state index contributed by atoms with van der Waals surface area (Å²) in [6.45, 7) is 9.97. The summed E-state index contributed by atoms with van der Waals surface area (Å²) in [5, 5.41) is 6.76. The van der Waals surface area contributed by atoms with Gasteiger partial charge in [0.2, 0.25) is 5.95 Å². The fourth-order valence-electron chi connectivity index (χ4n) is 3.23. The van der Waals surface area contributed by atoms with Crippen molar-refractivity contribution in [3.8, 4) is 0 Å². The summed E-state index contributed by atoms with van der Waals surface area (Å²) >= 11 is 0. The summed E-state index contributed by atoms with van der Waals surface area (Å²) in [5.41, 5.74) is 5.68. The second-order valence-electron chi connectivity index (χ2n) is 6.63.